The third-order valence-electron chi connectivity index (χ3n) is 3.21. The standard InChI is InChI=1S/C14H8F7O/c15-12(16,13(17,18)14(19,20)21)11(22)10-7-3-5-8-4-1-2-6-9(8)10/h1-7,11H. The molecular formula is C14H8F7O. The fourth-order valence-corrected chi connectivity index (χ4v) is 2.03. The highest BCUT2D eigenvalue weighted by Gasteiger charge is 2.76. The van der Waals surface area contributed by atoms with Crippen LogP contribution in [-0.4, -0.2) is 18.0 Å². The normalized spacial score (nSPS) is 15.1. The van der Waals surface area contributed by atoms with Crippen LogP contribution in [0.15, 0.2) is 42.5 Å². The molecule has 2 aromatic carbocycles. The molecule has 1 atom stereocenters. The van der Waals surface area contributed by atoms with Gasteiger partial charge >= 0.3 is 18.0 Å². The van der Waals surface area contributed by atoms with Crippen LogP contribution in [0.4, 0.5) is 30.7 Å². The molecule has 0 spiro atoms. The first-order valence-electron chi connectivity index (χ1n) is 5.96. The lowest BCUT2D eigenvalue weighted by molar-refractivity contribution is -0.376. The molecule has 0 bridgehead atoms. The third kappa shape index (κ3) is 2.41. The van der Waals surface area contributed by atoms with Crippen molar-refractivity contribution in [2.45, 2.75) is 24.1 Å². The zero-order chi connectivity index (χ0) is 16.8. The minimum atomic E-state index is -6.52. The second-order valence-electron chi connectivity index (χ2n) is 4.64. The van der Waals surface area contributed by atoms with E-state index in [1.54, 1.807) is 0 Å². The zero-order valence-corrected chi connectivity index (χ0v) is 10.7. The second-order valence-corrected chi connectivity index (χ2v) is 4.64. The van der Waals surface area contributed by atoms with Gasteiger partial charge in [0.2, 0.25) is 0 Å². The largest absolute Gasteiger partial charge is 0.459 e. The van der Waals surface area contributed by atoms with Gasteiger partial charge in [-0.05, 0) is 16.3 Å². The molecule has 0 aromatic heterocycles. The Morgan fingerprint density at radius 1 is 0.773 bits per heavy atom. The maximum Gasteiger partial charge on any atom is 0.459 e. The fraction of sp³-hybridized carbons (Fsp3) is 0.286. The number of rotatable bonds is 3. The first kappa shape index (κ1) is 16.5. The maximum absolute atomic E-state index is 13.5. The molecule has 1 radical (unpaired) electrons. The number of hydrogen-bond donors (Lipinski definition) is 0. The Labute approximate surface area is 120 Å². The van der Waals surface area contributed by atoms with Crippen molar-refractivity contribution in [1.29, 1.82) is 0 Å². The molecule has 1 unspecified atom stereocenters. The predicted octanol–water partition coefficient (Wildman–Crippen LogP) is 5.14. The van der Waals surface area contributed by atoms with Crippen molar-refractivity contribution in [2.75, 3.05) is 0 Å². The van der Waals surface area contributed by atoms with Crippen molar-refractivity contribution >= 4 is 10.8 Å². The molecule has 8 heteroatoms. The summed E-state index contributed by atoms with van der Waals surface area (Å²) in [6.07, 6.45) is -10.1. The number of hydrogen-bond acceptors (Lipinski definition) is 0. The Morgan fingerprint density at radius 3 is 1.91 bits per heavy atom. The van der Waals surface area contributed by atoms with E-state index in [-0.39, 0.29) is 10.8 Å². The van der Waals surface area contributed by atoms with Gasteiger partial charge in [-0.25, -0.2) is 5.11 Å². The third-order valence-corrected chi connectivity index (χ3v) is 3.21. The molecule has 1 nitrogen and oxygen atoms in total. The summed E-state index contributed by atoms with van der Waals surface area (Å²) in [6, 6.07) is 8.88. The SMILES string of the molecule is [O]C(c1cccc2ccccc12)C(F)(F)C(F)(F)C(F)(F)F. The Balaban J connectivity index is 2.56. The molecule has 0 saturated heterocycles. The van der Waals surface area contributed by atoms with Gasteiger partial charge in [-0.1, -0.05) is 42.5 Å². The Morgan fingerprint density at radius 2 is 1.32 bits per heavy atom. The van der Waals surface area contributed by atoms with Crippen molar-refractivity contribution in [1.82, 2.24) is 0 Å². The van der Waals surface area contributed by atoms with Gasteiger partial charge in [0, 0.05) is 0 Å². The molecule has 0 aliphatic heterocycles. The lowest BCUT2D eigenvalue weighted by Gasteiger charge is -2.31. The summed E-state index contributed by atoms with van der Waals surface area (Å²) in [6.45, 7) is 0. The maximum atomic E-state index is 13.5. The lowest BCUT2D eigenvalue weighted by atomic mass is 9.93. The van der Waals surface area contributed by atoms with Crippen molar-refractivity contribution in [3.05, 3.63) is 48.0 Å². The number of alkyl halides is 7. The molecular weight excluding hydrogens is 317 g/mol. The van der Waals surface area contributed by atoms with Crippen LogP contribution in [0.3, 0.4) is 0 Å². The van der Waals surface area contributed by atoms with E-state index >= 15 is 0 Å². The molecule has 0 heterocycles. The summed E-state index contributed by atoms with van der Waals surface area (Å²) in [7, 11) is 0. The minimum Gasteiger partial charge on any atom is -0.221 e. The van der Waals surface area contributed by atoms with Crippen LogP contribution in [0.2, 0.25) is 0 Å². The Hall–Kier alpha value is -1.83. The van der Waals surface area contributed by atoms with Crippen LogP contribution < -0.4 is 0 Å². The summed E-state index contributed by atoms with van der Waals surface area (Å²) >= 11 is 0. The molecule has 2 aromatic rings. The molecule has 119 valence electrons. The first-order chi connectivity index (χ1) is 10.00. The predicted molar refractivity (Wildman–Crippen MR) is 63.3 cm³/mol. The second kappa shape index (κ2) is 5.12. The van der Waals surface area contributed by atoms with Crippen LogP contribution >= 0.6 is 0 Å². The molecule has 0 N–H and O–H groups in total. The van der Waals surface area contributed by atoms with E-state index in [2.05, 4.69) is 0 Å². The van der Waals surface area contributed by atoms with Crippen molar-refractivity contribution in [3.8, 4) is 0 Å². The lowest BCUT2D eigenvalue weighted by Crippen LogP contribution is -2.54. The summed E-state index contributed by atoms with van der Waals surface area (Å²) in [5, 5.41) is 11.9. The highest BCUT2D eigenvalue weighted by Crippen LogP contribution is 2.52. The Kier molecular flexibility index (Phi) is 3.85. The zero-order valence-electron chi connectivity index (χ0n) is 10.7. The number of fused-ring (bicyclic) bond motifs is 1. The summed E-state index contributed by atoms with van der Waals surface area (Å²) < 4.78 is 89.4. The van der Waals surface area contributed by atoms with Crippen LogP contribution in [-0.2, 0) is 5.11 Å². The minimum absolute atomic E-state index is 0.0948. The first-order valence-corrected chi connectivity index (χ1v) is 5.96. The van der Waals surface area contributed by atoms with Gasteiger partial charge in [0.25, 0.3) is 0 Å². The van der Waals surface area contributed by atoms with Crippen molar-refractivity contribution < 1.29 is 35.8 Å². The average Bonchev–Trinajstić information content (AvgIpc) is 2.44. The topological polar surface area (TPSA) is 19.9 Å². The average molecular weight is 325 g/mol. The van der Waals surface area contributed by atoms with Gasteiger partial charge in [0.15, 0.2) is 6.10 Å². The summed E-state index contributed by atoms with van der Waals surface area (Å²) in [4.78, 5) is 0. The quantitative estimate of drug-likeness (QED) is 0.696. The molecule has 2 rings (SSSR count). The molecule has 0 aliphatic rings. The molecule has 0 saturated carbocycles. The smallest absolute Gasteiger partial charge is 0.221 e. The van der Waals surface area contributed by atoms with Gasteiger partial charge in [-0.2, -0.15) is 30.7 Å². The van der Waals surface area contributed by atoms with Crippen molar-refractivity contribution in [3.63, 3.8) is 0 Å². The number of halogens is 7. The summed E-state index contributed by atoms with van der Waals surface area (Å²) in [5.41, 5.74) is -0.813. The van der Waals surface area contributed by atoms with Gasteiger partial charge in [-0.15, -0.1) is 0 Å². The Bertz CT molecular complexity index is 673. The summed E-state index contributed by atoms with van der Waals surface area (Å²) in [5.74, 6) is -12.3. The van der Waals surface area contributed by atoms with Crippen LogP contribution in [0.25, 0.3) is 10.8 Å². The molecule has 0 fully saturated rings. The van der Waals surface area contributed by atoms with Gasteiger partial charge in [0.05, 0.1) is 0 Å². The van der Waals surface area contributed by atoms with Gasteiger partial charge in [0.1, 0.15) is 0 Å². The fourth-order valence-electron chi connectivity index (χ4n) is 2.03. The van der Waals surface area contributed by atoms with Crippen LogP contribution in [0, 0.1) is 0 Å². The van der Waals surface area contributed by atoms with Gasteiger partial charge < -0.3 is 0 Å². The highest BCUT2D eigenvalue weighted by atomic mass is 19.4. The van der Waals surface area contributed by atoms with Crippen LogP contribution in [0.1, 0.15) is 11.7 Å². The van der Waals surface area contributed by atoms with E-state index in [1.807, 2.05) is 0 Å². The van der Waals surface area contributed by atoms with E-state index in [4.69, 9.17) is 0 Å². The van der Waals surface area contributed by atoms with Crippen LogP contribution in [0.5, 0.6) is 0 Å². The van der Waals surface area contributed by atoms with E-state index < -0.39 is 29.7 Å². The molecule has 0 amide bonds. The molecule has 0 aliphatic carbocycles. The van der Waals surface area contributed by atoms with E-state index in [1.165, 1.54) is 30.3 Å². The monoisotopic (exact) mass is 325 g/mol. The van der Waals surface area contributed by atoms with Crippen molar-refractivity contribution in [2.24, 2.45) is 0 Å². The molecule has 22 heavy (non-hydrogen) atoms. The van der Waals surface area contributed by atoms with E-state index in [0.29, 0.717) is 0 Å². The highest BCUT2D eigenvalue weighted by molar-refractivity contribution is 5.86. The number of benzene rings is 2. The van der Waals surface area contributed by atoms with E-state index in [0.717, 1.165) is 12.1 Å². The van der Waals surface area contributed by atoms with E-state index in [9.17, 15) is 35.8 Å². The van der Waals surface area contributed by atoms with Gasteiger partial charge in [-0.3, -0.25) is 0 Å².